The number of sulfonamides is 1. The van der Waals surface area contributed by atoms with Gasteiger partial charge in [0.2, 0.25) is 10.0 Å². The minimum Gasteiger partial charge on any atom is -0.317 e. The van der Waals surface area contributed by atoms with E-state index in [-0.39, 0.29) is 5.75 Å². The van der Waals surface area contributed by atoms with E-state index < -0.39 is 10.0 Å². The lowest BCUT2D eigenvalue weighted by molar-refractivity contribution is 0.582. The Bertz CT molecular complexity index is 543. The van der Waals surface area contributed by atoms with Gasteiger partial charge < -0.3 is 5.32 Å². The van der Waals surface area contributed by atoms with E-state index in [1.165, 1.54) is 0 Å². The van der Waals surface area contributed by atoms with Gasteiger partial charge in [-0.1, -0.05) is 25.1 Å². The molecule has 118 valence electrons. The summed E-state index contributed by atoms with van der Waals surface area (Å²) in [5.41, 5.74) is 2.04. The zero-order chi connectivity index (χ0) is 15.1. The minimum absolute atomic E-state index is 0.220. The van der Waals surface area contributed by atoms with Crippen molar-refractivity contribution in [3.8, 4) is 0 Å². The molecule has 0 saturated carbocycles. The van der Waals surface area contributed by atoms with Gasteiger partial charge in [0, 0.05) is 6.54 Å². The van der Waals surface area contributed by atoms with E-state index in [4.69, 9.17) is 0 Å². The van der Waals surface area contributed by atoms with Crippen molar-refractivity contribution in [3.05, 3.63) is 29.8 Å². The average Bonchev–Trinajstić information content (AvgIpc) is 2.69. The summed E-state index contributed by atoms with van der Waals surface area (Å²) in [6, 6.07) is 7.90. The third kappa shape index (κ3) is 4.45. The highest BCUT2D eigenvalue weighted by Crippen LogP contribution is 2.28. The fraction of sp³-hybridized carbons (Fsp3) is 0.625. The van der Waals surface area contributed by atoms with Gasteiger partial charge in [-0.3, -0.25) is 4.31 Å². The molecule has 1 N–H and O–H groups in total. The molecule has 1 heterocycles. The van der Waals surface area contributed by atoms with Crippen molar-refractivity contribution in [2.75, 3.05) is 29.7 Å². The maximum absolute atomic E-state index is 12.6. The van der Waals surface area contributed by atoms with E-state index in [1.807, 2.05) is 24.3 Å². The van der Waals surface area contributed by atoms with Crippen molar-refractivity contribution >= 4 is 15.7 Å². The molecule has 21 heavy (non-hydrogen) atoms. The maximum atomic E-state index is 12.6. The van der Waals surface area contributed by atoms with Crippen LogP contribution in [0.1, 0.15) is 38.2 Å². The predicted octanol–water partition coefficient (Wildman–Crippen LogP) is 2.55. The van der Waals surface area contributed by atoms with E-state index in [1.54, 1.807) is 4.31 Å². The molecule has 0 spiro atoms. The predicted molar refractivity (Wildman–Crippen MR) is 88.3 cm³/mol. The first kappa shape index (κ1) is 16.3. The number of fused-ring (bicyclic) bond motifs is 1. The van der Waals surface area contributed by atoms with Gasteiger partial charge in [0.05, 0.1) is 11.4 Å². The molecule has 5 heteroatoms. The topological polar surface area (TPSA) is 49.4 Å². The smallest absolute Gasteiger partial charge is 0.235 e. The molecule has 4 nitrogen and oxygen atoms in total. The Hall–Kier alpha value is -1.07. The lowest BCUT2D eigenvalue weighted by atomic mass is 10.1. The monoisotopic (exact) mass is 310 g/mol. The molecule has 2 rings (SSSR count). The van der Waals surface area contributed by atoms with Gasteiger partial charge in [-0.25, -0.2) is 8.42 Å². The number of hydrogen-bond acceptors (Lipinski definition) is 3. The van der Waals surface area contributed by atoms with E-state index in [2.05, 4.69) is 12.2 Å². The summed E-state index contributed by atoms with van der Waals surface area (Å²) in [6.07, 6.45) is 4.70. The van der Waals surface area contributed by atoms with Crippen LogP contribution in [0.4, 0.5) is 5.69 Å². The molecule has 0 amide bonds. The molecule has 1 aliphatic rings. The van der Waals surface area contributed by atoms with Crippen LogP contribution in [0, 0.1) is 0 Å². The van der Waals surface area contributed by atoms with Crippen LogP contribution in [-0.2, 0) is 16.4 Å². The second-order valence-electron chi connectivity index (χ2n) is 5.58. The van der Waals surface area contributed by atoms with Crippen molar-refractivity contribution in [1.82, 2.24) is 5.32 Å². The number of anilines is 1. The lowest BCUT2D eigenvalue weighted by Gasteiger charge is -2.24. The summed E-state index contributed by atoms with van der Waals surface area (Å²) < 4.78 is 26.9. The first-order valence-corrected chi connectivity index (χ1v) is 9.55. The van der Waals surface area contributed by atoms with E-state index in [9.17, 15) is 8.42 Å². The van der Waals surface area contributed by atoms with Gasteiger partial charge in [0.15, 0.2) is 0 Å². The van der Waals surface area contributed by atoms with E-state index >= 15 is 0 Å². The van der Waals surface area contributed by atoms with Crippen LogP contribution in [0.3, 0.4) is 0 Å². The van der Waals surface area contributed by atoms with Crippen LogP contribution in [-0.4, -0.2) is 33.8 Å². The maximum Gasteiger partial charge on any atom is 0.235 e. The van der Waals surface area contributed by atoms with E-state index in [0.29, 0.717) is 13.0 Å². The van der Waals surface area contributed by atoms with Crippen LogP contribution in [0.15, 0.2) is 24.3 Å². The quantitative estimate of drug-likeness (QED) is 0.787. The van der Waals surface area contributed by atoms with Gasteiger partial charge in [-0.15, -0.1) is 0 Å². The van der Waals surface area contributed by atoms with Gasteiger partial charge in [-0.05, 0) is 56.8 Å². The van der Waals surface area contributed by atoms with Crippen LogP contribution in [0.2, 0.25) is 0 Å². The first-order valence-electron chi connectivity index (χ1n) is 7.94. The highest BCUT2D eigenvalue weighted by atomic mass is 32.2. The van der Waals surface area contributed by atoms with Crippen molar-refractivity contribution < 1.29 is 8.42 Å². The zero-order valence-corrected chi connectivity index (χ0v) is 13.7. The second-order valence-corrected chi connectivity index (χ2v) is 7.59. The molecule has 1 aromatic rings. The largest absolute Gasteiger partial charge is 0.317 e. The number of hydrogen-bond donors (Lipinski definition) is 1. The summed E-state index contributed by atoms with van der Waals surface area (Å²) in [6.45, 7) is 4.44. The molecule has 0 atom stereocenters. The molecule has 0 aliphatic carbocycles. The van der Waals surface area contributed by atoms with Crippen LogP contribution >= 0.6 is 0 Å². The Morgan fingerprint density at radius 1 is 1.19 bits per heavy atom. The van der Waals surface area contributed by atoms with Gasteiger partial charge in [-0.2, -0.15) is 0 Å². The summed E-state index contributed by atoms with van der Waals surface area (Å²) >= 11 is 0. The highest BCUT2D eigenvalue weighted by molar-refractivity contribution is 7.92. The fourth-order valence-corrected chi connectivity index (χ4v) is 4.35. The standard InChI is InChI=1S/C16H26N2O2S/c1-2-11-17-12-7-14-21(19,20)18-13-6-5-9-15-8-3-4-10-16(15)18/h3-4,8,10,17H,2,5-7,9,11-14H2,1H3. The highest BCUT2D eigenvalue weighted by Gasteiger charge is 2.25. The molecule has 0 unspecified atom stereocenters. The van der Waals surface area contributed by atoms with Gasteiger partial charge >= 0.3 is 0 Å². The molecule has 0 aromatic heterocycles. The third-order valence-corrected chi connectivity index (χ3v) is 5.69. The third-order valence-electron chi connectivity index (χ3n) is 3.84. The van der Waals surface area contributed by atoms with E-state index in [0.717, 1.165) is 50.0 Å². The summed E-state index contributed by atoms with van der Waals surface area (Å²) in [4.78, 5) is 0. The Morgan fingerprint density at radius 3 is 2.81 bits per heavy atom. The second kappa shape index (κ2) is 7.80. The number of benzene rings is 1. The minimum atomic E-state index is -3.21. The molecule has 0 radical (unpaired) electrons. The summed E-state index contributed by atoms with van der Waals surface area (Å²) in [7, 11) is -3.21. The molecule has 1 aromatic carbocycles. The SMILES string of the molecule is CCCNCCCS(=O)(=O)N1CCCCc2ccccc21. The molecule has 1 aliphatic heterocycles. The average molecular weight is 310 g/mol. The van der Waals surface area contributed by atoms with Crippen molar-refractivity contribution in [3.63, 3.8) is 0 Å². The fourth-order valence-electron chi connectivity index (χ4n) is 2.74. The number of nitrogens with one attached hydrogen (secondary N) is 1. The number of rotatable bonds is 7. The Kier molecular flexibility index (Phi) is 6.06. The number of aryl methyl sites for hydroxylation is 1. The summed E-state index contributed by atoms with van der Waals surface area (Å²) in [5, 5.41) is 3.26. The lowest BCUT2D eigenvalue weighted by Crippen LogP contribution is -2.34. The van der Waals surface area contributed by atoms with Crippen molar-refractivity contribution in [2.24, 2.45) is 0 Å². The molecule has 0 fully saturated rings. The van der Waals surface area contributed by atoms with Crippen LogP contribution < -0.4 is 9.62 Å². The molecule has 0 saturated heterocycles. The number of para-hydroxylation sites is 1. The Morgan fingerprint density at radius 2 is 2.00 bits per heavy atom. The Labute approximate surface area is 128 Å². The Balaban J connectivity index is 2.05. The number of nitrogens with zero attached hydrogens (tertiary/aromatic N) is 1. The van der Waals surface area contributed by atoms with Crippen LogP contribution in [0.5, 0.6) is 0 Å². The summed E-state index contributed by atoms with van der Waals surface area (Å²) in [5.74, 6) is 0.220. The van der Waals surface area contributed by atoms with Gasteiger partial charge in [0.1, 0.15) is 0 Å². The molecular formula is C16H26N2O2S. The zero-order valence-electron chi connectivity index (χ0n) is 12.8. The first-order chi connectivity index (χ1) is 10.1. The van der Waals surface area contributed by atoms with Crippen molar-refractivity contribution in [1.29, 1.82) is 0 Å². The van der Waals surface area contributed by atoms with Crippen LogP contribution in [0.25, 0.3) is 0 Å². The molecule has 0 bridgehead atoms. The van der Waals surface area contributed by atoms with Gasteiger partial charge in [0.25, 0.3) is 0 Å². The molecular weight excluding hydrogens is 284 g/mol. The van der Waals surface area contributed by atoms with Crippen molar-refractivity contribution in [2.45, 2.75) is 39.0 Å². The normalized spacial score (nSPS) is 15.6.